The van der Waals surface area contributed by atoms with Gasteiger partial charge in [-0.3, -0.25) is 9.59 Å². The lowest BCUT2D eigenvalue weighted by atomic mass is 9.94. The summed E-state index contributed by atoms with van der Waals surface area (Å²) in [6.07, 6.45) is 0.0153. The number of nitrogens with zero attached hydrogens (tertiary/aromatic N) is 2. The largest absolute Gasteiger partial charge is 0.507 e. The van der Waals surface area contributed by atoms with E-state index in [1.54, 1.807) is 24.3 Å². The summed E-state index contributed by atoms with van der Waals surface area (Å²) < 4.78 is 11.5. The minimum Gasteiger partial charge on any atom is -0.507 e. The lowest BCUT2D eigenvalue weighted by molar-refractivity contribution is -0.140. The van der Waals surface area contributed by atoms with Crippen molar-refractivity contribution < 1.29 is 24.2 Å². The lowest BCUT2D eigenvalue weighted by Gasteiger charge is -2.27. The fourth-order valence-electron chi connectivity index (χ4n) is 3.85. The maximum Gasteiger partial charge on any atom is 0.295 e. The Morgan fingerprint density at radius 2 is 1.76 bits per heavy atom. The first kappa shape index (κ1) is 24.3. The number of benzene rings is 2. The minimum absolute atomic E-state index is 0.0153. The van der Waals surface area contributed by atoms with Crippen LogP contribution < -0.4 is 9.47 Å². The zero-order valence-electron chi connectivity index (χ0n) is 19.9. The van der Waals surface area contributed by atoms with Crippen LogP contribution in [0.15, 0.2) is 54.1 Å². The van der Waals surface area contributed by atoms with E-state index in [1.807, 2.05) is 64.0 Å². The third-order valence-corrected chi connectivity index (χ3v) is 5.34. The van der Waals surface area contributed by atoms with Crippen molar-refractivity contribution in [2.24, 2.45) is 0 Å². The molecule has 7 nitrogen and oxygen atoms in total. The molecule has 1 saturated heterocycles. The average molecular weight is 453 g/mol. The quantitative estimate of drug-likeness (QED) is 0.354. The highest BCUT2D eigenvalue weighted by molar-refractivity contribution is 6.46. The number of Topliss-reactive ketones (excluding diaryl/α,β-unsaturated/α-hetero) is 1. The van der Waals surface area contributed by atoms with E-state index in [-0.39, 0.29) is 17.4 Å². The van der Waals surface area contributed by atoms with Crippen LogP contribution in [0.1, 0.15) is 37.9 Å². The topological polar surface area (TPSA) is 79.3 Å². The van der Waals surface area contributed by atoms with E-state index in [2.05, 4.69) is 0 Å². The van der Waals surface area contributed by atoms with Crippen molar-refractivity contribution in [3.8, 4) is 11.5 Å². The van der Waals surface area contributed by atoms with Gasteiger partial charge in [-0.25, -0.2) is 0 Å². The van der Waals surface area contributed by atoms with Crippen LogP contribution in [0.2, 0.25) is 0 Å². The van der Waals surface area contributed by atoms with Gasteiger partial charge >= 0.3 is 0 Å². The predicted octanol–water partition coefficient (Wildman–Crippen LogP) is 3.86. The van der Waals surface area contributed by atoms with E-state index in [0.29, 0.717) is 42.3 Å². The van der Waals surface area contributed by atoms with Crippen molar-refractivity contribution in [3.63, 3.8) is 0 Å². The number of carbonyl (C=O) groups excluding carboxylic acids is 2. The summed E-state index contributed by atoms with van der Waals surface area (Å²) in [6.45, 7) is 7.08. The molecule has 176 valence electrons. The van der Waals surface area contributed by atoms with Gasteiger partial charge in [0.25, 0.3) is 11.7 Å². The van der Waals surface area contributed by atoms with Crippen LogP contribution in [0.5, 0.6) is 11.5 Å². The van der Waals surface area contributed by atoms with Gasteiger partial charge in [-0.05, 0) is 65.2 Å². The van der Waals surface area contributed by atoms with Crippen molar-refractivity contribution >= 4 is 17.4 Å². The fraction of sp³-hybridized carbons (Fsp3) is 0.385. The van der Waals surface area contributed by atoms with Crippen LogP contribution in [0.3, 0.4) is 0 Å². The molecule has 1 unspecified atom stereocenters. The van der Waals surface area contributed by atoms with E-state index >= 15 is 0 Å². The van der Waals surface area contributed by atoms with Gasteiger partial charge in [0.15, 0.2) is 0 Å². The van der Waals surface area contributed by atoms with Crippen molar-refractivity contribution in [2.45, 2.75) is 32.9 Å². The molecule has 1 aliphatic rings. The molecule has 2 aromatic carbocycles. The van der Waals surface area contributed by atoms with Crippen LogP contribution in [0.25, 0.3) is 5.76 Å². The number of para-hydroxylation sites is 1. The highest BCUT2D eigenvalue weighted by Gasteiger charge is 2.46. The van der Waals surface area contributed by atoms with Crippen LogP contribution in [0, 0.1) is 0 Å². The number of rotatable bonds is 9. The molecule has 0 aromatic heterocycles. The van der Waals surface area contributed by atoms with Gasteiger partial charge in [-0.1, -0.05) is 18.2 Å². The summed E-state index contributed by atoms with van der Waals surface area (Å²) in [6, 6.07) is 13.4. The van der Waals surface area contributed by atoms with Crippen LogP contribution in [-0.2, 0) is 9.59 Å². The third kappa shape index (κ3) is 5.37. The summed E-state index contributed by atoms with van der Waals surface area (Å²) >= 11 is 0. The monoisotopic (exact) mass is 452 g/mol. The molecule has 1 heterocycles. The van der Waals surface area contributed by atoms with Gasteiger partial charge in [0.1, 0.15) is 17.3 Å². The van der Waals surface area contributed by atoms with Crippen LogP contribution in [0.4, 0.5) is 0 Å². The molecule has 1 atom stereocenters. The van der Waals surface area contributed by atoms with E-state index in [1.165, 1.54) is 4.90 Å². The second-order valence-electron chi connectivity index (χ2n) is 8.46. The Kier molecular flexibility index (Phi) is 7.76. The molecule has 0 saturated carbocycles. The molecule has 33 heavy (non-hydrogen) atoms. The predicted molar refractivity (Wildman–Crippen MR) is 127 cm³/mol. The Morgan fingerprint density at radius 3 is 2.36 bits per heavy atom. The zero-order chi connectivity index (χ0) is 24.1. The number of likely N-dealkylation sites (N-methyl/N-ethyl adjacent to an activating group) is 1. The SMILES string of the molecule is CCOc1ccccc1C1/C(=C(\O)c2ccc(OC(C)C)cc2)C(=O)C(=O)N1CCN(C)C. The van der Waals surface area contributed by atoms with Crippen molar-refractivity contribution in [1.29, 1.82) is 0 Å². The van der Waals surface area contributed by atoms with Gasteiger partial charge in [-0.15, -0.1) is 0 Å². The van der Waals surface area contributed by atoms with Crippen molar-refractivity contribution in [2.75, 3.05) is 33.8 Å². The summed E-state index contributed by atoms with van der Waals surface area (Å²) in [4.78, 5) is 29.7. The standard InChI is InChI=1S/C26H32N2O5/c1-6-32-21-10-8-7-9-20(21)23-22(25(30)26(31)28(23)16-15-27(4)5)24(29)18-11-13-19(14-12-18)33-17(2)3/h7-14,17,23,29H,6,15-16H2,1-5H3/b24-22+. The van der Waals surface area contributed by atoms with Gasteiger partial charge in [0.2, 0.25) is 0 Å². The molecule has 3 rings (SSSR count). The number of hydrogen-bond acceptors (Lipinski definition) is 6. The average Bonchev–Trinajstić information content (AvgIpc) is 3.02. The van der Waals surface area contributed by atoms with Gasteiger partial charge < -0.3 is 24.4 Å². The molecule has 0 spiro atoms. The molecule has 2 aromatic rings. The Balaban J connectivity index is 2.12. The molecule has 0 bridgehead atoms. The molecule has 1 aliphatic heterocycles. The number of carbonyl (C=O) groups is 2. The highest BCUT2D eigenvalue weighted by Crippen LogP contribution is 2.42. The van der Waals surface area contributed by atoms with Crippen molar-refractivity contribution in [3.05, 3.63) is 65.2 Å². The molecular formula is C26H32N2O5. The Bertz CT molecular complexity index is 1030. The van der Waals surface area contributed by atoms with Crippen LogP contribution in [-0.4, -0.2) is 66.5 Å². The fourth-order valence-corrected chi connectivity index (χ4v) is 3.85. The van der Waals surface area contributed by atoms with E-state index in [0.717, 1.165) is 0 Å². The first-order chi connectivity index (χ1) is 15.7. The Morgan fingerprint density at radius 1 is 1.09 bits per heavy atom. The van der Waals surface area contributed by atoms with E-state index in [9.17, 15) is 14.7 Å². The third-order valence-electron chi connectivity index (χ3n) is 5.34. The highest BCUT2D eigenvalue weighted by atomic mass is 16.5. The maximum atomic E-state index is 13.2. The van der Waals surface area contributed by atoms with Crippen LogP contribution >= 0.6 is 0 Å². The summed E-state index contributed by atoms with van der Waals surface area (Å²) in [7, 11) is 3.81. The van der Waals surface area contributed by atoms with Gasteiger partial charge in [0.05, 0.1) is 24.3 Å². The van der Waals surface area contributed by atoms with E-state index < -0.39 is 17.7 Å². The molecule has 1 N–H and O–H groups in total. The lowest BCUT2D eigenvalue weighted by Crippen LogP contribution is -2.35. The number of likely N-dealkylation sites (tertiary alicyclic amines) is 1. The second-order valence-corrected chi connectivity index (χ2v) is 8.46. The number of hydrogen-bond donors (Lipinski definition) is 1. The molecule has 1 fully saturated rings. The second kappa shape index (κ2) is 10.5. The Hall–Kier alpha value is -3.32. The van der Waals surface area contributed by atoms with Gasteiger partial charge in [-0.2, -0.15) is 0 Å². The van der Waals surface area contributed by atoms with E-state index in [4.69, 9.17) is 9.47 Å². The molecule has 7 heteroatoms. The first-order valence-corrected chi connectivity index (χ1v) is 11.2. The zero-order valence-corrected chi connectivity index (χ0v) is 19.9. The summed E-state index contributed by atoms with van der Waals surface area (Å²) in [5.41, 5.74) is 1.16. The van der Waals surface area contributed by atoms with Crippen molar-refractivity contribution in [1.82, 2.24) is 9.80 Å². The summed E-state index contributed by atoms with van der Waals surface area (Å²) in [5.74, 6) is -0.313. The summed E-state index contributed by atoms with van der Waals surface area (Å²) in [5, 5.41) is 11.2. The minimum atomic E-state index is -0.751. The number of aliphatic hydroxyl groups is 1. The first-order valence-electron chi connectivity index (χ1n) is 11.2. The normalized spacial score (nSPS) is 17.8. The smallest absolute Gasteiger partial charge is 0.295 e. The number of aliphatic hydroxyl groups excluding tert-OH is 1. The maximum absolute atomic E-state index is 13.2. The number of ketones is 1. The Labute approximate surface area is 195 Å². The molecule has 1 amide bonds. The number of amides is 1. The molecule has 0 aliphatic carbocycles. The molecule has 0 radical (unpaired) electrons. The number of ether oxygens (including phenoxy) is 2. The molecular weight excluding hydrogens is 420 g/mol. The van der Waals surface area contributed by atoms with Gasteiger partial charge in [0, 0.05) is 24.2 Å².